The molecule has 0 heterocycles. The monoisotopic (exact) mass is 213 g/mol. The summed E-state index contributed by atoms with van der Waals surface area (Å²) in [6.45, 7) is 0. The van der Waals surface area contributed by atoms with Gasteiger partial charge in [-0.1, -0.05) is 24.4 Å². The molecule has 0 spiro atoms. The Hall–Kier alpha value is -0.600. The molecule has 3 heteroatoms. The minimum absolute atomic E-state index is 0.302. The molecule has 0 bridgehead atoms. The van der Waals surface area contributed by atoms with Gasteiger partial charge < -0.3 is 5.73 Å². The second-order valence-corrected chi connectivity index (χ2v) is 4.46. The molecular weight excluding hydrogens is 201 g/mol. The zero-order valence-electron chi connectivity index (χ0n) is 7.89. The zero-order chi connectivity index (χ0) is 10.2. The molecule has 1 nitrogen and oxygen atoms in total. The van der Waals surface area contributed by atoms with Crippen LogP contribution in [0.1, 0.15) is 31.2 Å². The van der Waals surface area contributed by atoms with Crippen LogP contribution >= 0.6 is 11.6 Å². The van der Waals surface area contributed by atoms with Gasteiger partial charge in [-0.15, -0.1) is 0 Å². The first-order valence-electron chi connectivity index (χ1n) is 4.86. The van der Waals surface area contributed by atoms with Gasteiger partial charge in [0, 0.05) is 10.6 Å². The van der Waals surface area contributed by atoms with E-state index in [1.807, 2.05) is 0 Å². The van der Waals surface area contributed by atoms with Gasteiger partial charge in [0.1, 0.15) is 5.82 Å². The van der Waals surface area contributed by atoms with Gasteiger partial charge in [0.05, 0.1) is 0 Å². The highest BCUT2D eigenvalue weighted by molar-refractivity contribution is 6.30. The van der Waals surface area contributed by atoms with E-state index in [0.717, 1.165) is 31.2 Å². The molecular formula is C11H13ClFN. The summed E-state index contributed by atoms with van der Waals surface area (Å²) in [5.74, 6) is -0.302. The number of rotatable bonds is 1. The molecule has 0 saturated heterocycles. The lowest BCUT2D eigenvalue weighted by Gasteiger charge is -2.24. The maximum atomic E-state index is 13.1. The quantitative estimate of drug-likeness (QED) is 0.762. The Morgan fingerprint density at radius 3 is 2.43 bits per heavy atom. The first kappa shape index (κ1) is 9.94. The van der Waals surface area contributed by atoms with E-state index in [9.17, 15) is 4.39 Å². The van der Waals surface area contributed by atoms with Crippen LogP contribution in [0.3, 0.4) is 0 Å². The van der Waals surface area contributed by atoms with Crippen LogP contribution in [0.5, 0.6) is 0 Å². The van der Waals surface area contributed by atoms with E-state index in [1.54, 1.807) is 6.07 Å². The number of benzene rings is 1. The molecule has 0 aliphatic heterocycles. The van der Waals surface area contributed by atoms with Crippen LogP contribution in [0, 0.1) is 5.82 Å². The van der Waals surface area contributed by atoms with Gasteiger partial charge in [-0.25, -0.2) is 4.39 Å². The molecule has 2 N–H and O–H groups in total. The largest absolute Gasteiger partial charge is 0.321 e. The Kier molecular flexibility index (Phi) is 2.50. The average Bonchev–Trinajstić information content (AvgIpc) is 2.52. The van der Waals surface area contributed by atoms with Crippen molar-refractivity contribution in [2.45, 2.75) is 31.2 Å². The van der Waals surface area contributed by atoms with Crippen molar-refractivity contribution < 1.29 is 4.39 Å². The van der Waals surface area contributed by atoms with Gasteiger partial charge in [0.2, 0.25) is 0 Å². The van der Waals surface area contributed by atoms with Gasteiger partial charge in [-0.3, -0.25) is 0 Å². The highest BCUT2D eigenvalue weighted by Crippen LogP contribution is 2.37. The van der Waals surface area contributed by atoms with E-state index in [0.29, 0.717) is 5.02 Å². The summed E-state index contributed by atoms with van der Waals surface area (Å²) in [4.78, 5) is 0. The van der Waals surface area contributed by atoms with E-state index < -0.39 is 0 Å². The van der Waals surface area contributed by atoms with Crippen LogP contribution < -0.4 is 5.73 Å². The highest BCUT2D eigenvalue weighted by Gasteiger charge is 2.31. The molecule has 0 amide bonds. The normalized spacial score (nSPS) is 19.9. The smallest absolute Gasteiger partial charge is 0.125 e. The van der Waals surface area contributed by atoms with E-state index in [1.165, 1.54) is 12.1 Å². The molecule has 1 aromatic carbocycles. The Balaban J connectivity index is 2.40. The minimum atomic E-state index is -0.355. The summed E-state index contributed by atoms with van der Waals surface area (Å²) in [5, 5.41) is 0.428. The maximum absolute atomic E-state index is 13.1. The Morgan fingerprint density at radius 2 is 1.86 bits per heavy atom. The lowest BCUT2D eigenvalue weighted by atomic mass is 9.89. The molecule has 0 atom stereocenters. The molecule has 1 aromatic rings. The number of nitrogens with two attached hydrogens (primary N) is 1. The molecule has 1 aliphatic rings. The summed E-state index contributed by atoms with van der Waals surface area (Å²) in [6, 6.07) is 4.58. The fourth-order valence-electron chi connectivity index (χ4n) is 2.14. The molecule has 1 aliphatic carbocycles. The fraction of sp³-hybridized carbons (Fsp3) is 0.455. The maximum Gasteiger partial charge on any atom is 0.125 e. The van der Waals surface area contributed by atoms with Crippen molar-refractivity contribution in [2.24, 2.45) is 5.73 Å². The standard InChI is InChI=1S/C11H13ClFN/c12-9-5-8(6-10(13)7-9)11(14)3-1-2-4-11/h5-7H,1-4,14H2. The Bertz CT molecular complexity index is 325. The van der Waals surface area contributed by atoms with Crippen LogP contribution in [0.15, 0.2) is 18.2 Å². The minimum Gasteiger partial charge on any atom is -0.321 e. The van der Waals surface area contributed by atoms with Gasteiger partial charge >= 0.3 is 0 Å². The first-order valence-corrected chi connectivity index (χ1v) is 5.23. The number of hydrogen-bond acceptors (Lipinski definition) is 1. The second kappa shape index (κ2) is 3.52. The highest BCUT2D eigenvalue weighted by atomic mass is 35.5. The third-order valence-corrected chi connectivity index (χ3v) is 3.15. The lowest BCUT2D eigenvalue weighted by molar-refractivity contribution is 0.458. The second-order valence-electron chi connectivity index (χ2n) is 4.02. The van der Waals surface area contributed by atoms with E-state index in [4.69, 9.17) is 17.3 Å². The van der Waals surface area contributed by atoms with Crippen molar-refractivity contribution in [1.82, 2.24) is 0 Å². The van der Waals surface area contributed by atoms with Crippen molar-refractivity contribution in [3.05, 3.63) is 34.6 Å². The van der Waals surface area contributed by atoms with E-state index >= 15 is 0 Å². The predicted molar refractivity (Wildman–Crippen MR) is 55.7 cm³/mol. The van der Waals surface area contributed by atoms with Crippen molar-refractivity contribution >= 4 is 11.6 Å². The third kappa shape index (κ3) is 1.77. The van der Waals surface area contributed by atoms with Gasteiger partial charge in [0.25, 0.3) is 0 Å². The van der Waals surface area contributed by atoms with Crippen molar-refractivity contribution in [1.29, 1.82) is 0 Å². The van der Waals surface area contributed by atoms with Crippen LogP contribution in [0.2, 0.25) is 5.02 Å². The van der Waals surface area contributed by atoms with Crippen molar-refractivity contribution in [3.63, 3.8) is 0 Å². The summed E-state index contributed by atoms with van der Waals surface area (Å²) < 4.78 is 13.1. The van der Waals surface area contributed by atoms with Gasteiger partial charge in [-0.05, 0) is 36.6 Å². The summed E-state index contributed by atoms with van der Waals surface area (Å²) in [5.41, 5.74) is 6.67. The Labute approximate surface area is 88.1 Å². The van der Waals surface area contributed by atoms with Crippen LogP contribution in [-0.2, 0) is 5.54 Å². The SMILES string of the molecule is NC1(c2cc(F)cc(Cl)c2)CCCC1. The zero-order valence-corrected chi connectivity index (χ0v) is 8.65. The number of halogens is 2. The third-order valence-electron chi connectivity index (χ3n) is 2.93. The van der Waals surface area contributed by atoms with Crippen molar-refractivity contribution in [3.8, 4) is 0 Å². The molecule has 76 valence electrons. The lowest BCUT2D eigenvalue weighted by Crippen LogP contribution is -2.33. The molecule has 14 heavy (non-hydrogen) atoms. The molecule has 1 saturated carbocycles. The Morgan fingerprint density at radius 1 is 1.21 bits per heavy atom. The van der Waals surface area contributed by atoms with Gasteiger partial charge in [0.15, 0.2) is 0 Å². The summed E-state index contributed by atoms with van der Waals surface area (Å²) in [6.07, 6.45) is 4.08. The molecule has 1 fully saturated rings. The molecule has 2 rings (SSSR count). The average molecular weight is 214 g/mol. The molecule has 0 radical (unpaired) electrons. The topological polar surface area (TPSA) is 26.0 Å². The number of hydrogen-bond donors (Lipinski definition) is 1. The van der Waals surface area contributed by atoms with Gasteiger partial charge in [-0.2, -0.15) is 0 Å². The fourth-order valence-corrected chi connectivity index (χ4v) is 2.36. The van der Waals surface area contributed by atoms with Crippen LogP contribution in [0.25, 0.3) is 0 Å². The molecule has 0 unspecified atom stereocenters. The van der Waals surface area contributed by atoms with E-state index in [-0.39, 0.29) is 11.4 Å². The van der Waals surface area contributed by atoms with E-state index in [2.05, 4.69) is 0 Å². The summed E-state index contributed by atoms with van der Waals surface area (Å²) in [7, 11) is 0. The predicted octanol–water partition coefficient (Wildman–Crippen LogP) is 3.21. The first-order chi connectivity index (χ1) is 6.60. The summed E-state index contributed by atoms with van der Waals surface area (Å²) >= 11 is 5.79. The molecule has 0 aromatic heterocycles. The van der Waals surface area contributed by atoms with Crippen molar-refractivity contribution in [2.75, 3.05) is 0 Å². The van der Waals surface area contributed by atoms with Crippen LogP contribution in [0.4, 0.5) is 4.39 Å². The van der Waals surface area contributed by atoms with Crippen LogP contribution in [-0.4, -0.2) is 0 Å².